The van der Waals surface area contributed by atoms with Crippen LogP contribution in [0.15, 0.2) is 71.7 Å². The Morgan fingerprint density at radius 3 is 2.67 bits per heavy atom. The lowest BCUT2D eigenvalue weighted by Gasteiger charge is -2.12. The van der Waals surface area contributed by atoms with Crippen molar-refractivity contribution >= 4 is 57.2 Å². The maximum atomic E-state index is 13.3. The third kappa shape index (κ3) is 3.79. The highest BCUT2D eigenvalue weighted by molar-refractivity contribution is 14.1. The van der Waals surface area contributed by atoms with Gasteiger partial charge >= 0.3 is 0 Å². The molecule has 0 N–H and O–H groups in total. The van der Waals surface area contributed by atoms with Crippen molar-refractivity contribution < 1.29 is 0 Å². The molecule has 0 aliphatic rings. The van der Waals surface area contributed by atoms with E-state index in [1.165, 1.54) is 0 Å². The van der Waals surface area contributed by atoms with Gasteiger partial charge in [0.1, 0.15) is 5.82 Å². The average Bonchev–Trinajstić information content (AvgIpc) is 2.68. The van der Waals surface area contributed by atoms with E-state index in [1.807, 2.05) is 54.6 Å². The Morgan fingerprint density at radius 2 is 1.89 bits per heavy atom. The monoisotopic (exact) mass is 485 g/mol. The summed E-state index contributed by atoms with van der Waals surface area (Å²) in [5.74, 6) is 0.515. The molecule has 0 unspecified atom stereocenters. The molecule has 4 rings (SSSR count). The first-order valence-corrected chi connectivity index (χ1v) is 9.65. The van der Waals surface area contributed by atoms with Gasteiger partial charge in [-0.15, -0.1) is 0 Å². The molecule has 4 nitrogen and oxygen atoms in total. The zero-order chi connectivity index (χ0) is 18.8. The van der Waals surface area contributed by atoms with Gasteiger partial charge in [0.25, 0.3) is 5.56 Å². The number of fused-ring (bicyclic) bond motifs is 1. The predicted molar refractivity (Wildman–Crippen MR) is 118 cm³/mol. The second kappa shape index (κ2) is 7.62. The maximum absolute atomic E-state index is 13.3. The van der Waals surface area contributed by atoms with Crippen LogP contribution < -0.4 is 5.56 Å². The summed E-state index contributed by atoms with van der Waals surface area (Å²) >= 11 is 8.34. The minimum Gasteiger partial charge on any atom is -0.268 e. The van der Waals surface area contributed by atoms with Crippen LogP contribution in [0, 0.1) is 3.57 Å². The van der Waals surface area contributed by atoms with E-state index in [1.54, 1.807) is 29.0 Å². The molecule has 0 fully saturated rings. The minimum absolute atomic E-state index is 0.138. The Morgan fingerprint density at radius 1 is 1.00 bits per heavy atom. The smallest absolute Gasteiger partial charge is 0.266 e. The van der Waals surface area contributed by atoms with E-state index in [0.29, 0.717) is 27.4 Å². The molecular formula is C21H13ClIN3O. The van der Waals surface area contributed by atoms with Crippen LogP contribution in [0.2, 0.25) is 5.02 Å². The highest BCUT2D eigenvalue weighted by Gasteiger charge is 2.12. The van der Waals surface area contributed by atoms with Crippen LogP contribution in [0.4, 0.5) is 0 Å². The Balaban J connectivity index is 1.98. The SMILES string of the molecule is O=c1c2cc(I)ccc2nc(C=Cc2ccccn2)n1-c1cccc(Cl)c1. The van der Waals surface area contributed by atoms with Crippen molar-refractivity contribution in [3.05, 3.63) is 97.3 Å². The van der Waals surface area contributed by atoms with E-state index in [0.717, 1.165) is 9.26 Å². The van der Waals surface area contributed by atoms with Crippen LogP contribution in [-0.4, -0.2) is 14.5 Å². The van der Waals surface area contributed by atoms with E-state index in [9.17, 15) is 4.79 Å². The summed E-state index contributed by atoms with van der Waals surface area (Å²) in [5, 5.41) is 1.12. The zero-order valence-electron chi connectivity index (χ0n) is 14.0. The summed E-state index contributed by atoms with van der Waals surface area (Å²) in [6.45, 7) is 0. The molecular weight excluding hydrogens is 473 g/mol. The minimum atomic E-state index is -0.138. The third-order valence-electron chi connectivity index (χ3n) is 4.01. The van der Waals surface area contributed by atoms with Gasteiger partial charge in [0.15, 0.2) is 0 Å². The van der Waals surface area contributed by atoms with Gasteiger partial charge < -0.3 is 0 Å². The topological polar surface area (TPSA) is 47.8 Å². The van der Waals surface area contributed by atoms with Gasteiger partial charge in [-0.2, -0.15) is 0 Å². The standard InChI is InChI=1S/C21H13ClIN3O/c22-14-4-3-6-17(12-14)26-20(10-8-16-5-1-2-11-24-16)25-19-9-7-15(23)13-18(19)21(26)27/h1-13H. The number of aromatic nitrogens is 3. The molecule has 2 aromatic heterocycles. The van der Waals surface area contributed by atoms with Gasteiger partial charge in [-0.1, -0.05) is 23.7 Å². The largest absolute Gasteiger partial charge is 0.268 e. The van der Waals surface area contributed by atoms with Gasteiger partial charge in [0.05, 0.1) is 22.3 Å². The molecule has 0 saturated carbocycles. The molecule has 6 heteroatoms. The van der Waals surface area contributed by atoms with Crippen molar-refractivity contribution in [2.75, 3.05) is 0 Å². The van der Waals surface area contributed by atoms with E-state index in [2.05, 4.69) is 27.6 Å². The first-order chi connectivity index (χ1) is 13.1. The van der Waals surface area contributed by atoms with Crippen molar-refractivity contribution in [3.8, 4) is 5.69 Å². The van der Waals surface area contributed by atoms with Crippen molar-refractivity contribution in [1.29, 1.82) is 0 Å². The second-order valence-electron chi connectivity index (χ2n) is 5.84. The Kier molecular flexibility index (Phi) is 5.05. The molecule has 132 valence electrons. The zero-order valence-corrected chi connectivity index (χ0v) is 16.9. The van der Waals surface area contributed by atoms with Crippen molar-refractivity contribution in [3.63, 3.8) is 0 Å². The van der Waals surface area contributed by atoms with Crippen molar-refractivity contribution in [2.24, 2.45) is 0 Å². The summed E-state index contributed by atoms with van der Waals surface area (Å²) < 4.78 is 2.55. The predicted octanol–water partition coefficient (Wildman–Crippen LogP) is 5.21. The molecule has 0 spiro atoms. The summed E-state index contributed by atoms with van der Waals surface area (Å²) in [6.07, 6.45) is 5.35. The normalized spacial score (nSPS) is 11.3. The highest BCUT2D eigenvalue weighted by Crippen LogP contribution is 2.19. The maximum Gasteiger partial charge on any atom is 0.266 e. The van der Waals surface area contributed by atoms with E-state index in [-0.39, 0.29) is 5.56 Å². The number of hydrogen-bond acceptors (Lipinski definition) is 3. The van der Waals surface area contributed by atoms with Crippen molar-refractivity contribution in [1.82, 2.24) is 14.5 Å². The van der Waals surface area contributed by atoms with E-state index in [4.69, 9.17) is 16.6 Å². The number of hydrogen-bond donors (Lipinski definition) is 0. The van der Waals surface area contributed by atoms with Crippen molar-refractivity contribution in [2.45, 2.75) is 0 Å². The number of halogens is 2. The Hall–Kier alpha value is -2.51. The fourth-order valence-electron chi connectivity index (χ4n) is 2.79. The Bertz CT molecular complexity index is 1220. The van der Waals surface area contributed by atoms with Crippen LogP contribution >= 0.6 is 34.2 Å². The highest BCUT2D eigenvalue weighted by atomic mass is 127. The van der Waals surface area contributed by atoms with Crippen LogP contribution in [0.3, 0.4) is 0 Å². The lowest BCUT2D eigenvalue weighted by atomic mass is 10.2. The summed E-state index contributed by atoms with van der Waals surface area (Å²) in [7, 11) is 0. The molecule has 2 aromatic carbocycles. The quantitative estimate of drug-likeness (QED) is 0.374. The molecule has 0 aliphatic carbocycles. The van der Waals surface area contributed by atoms with Gasteiger partial charge in [-0.25, -0.2) is 4.98 Å². The fraction of sp³-hybridized carbons (Fsp3) is 0. The van der Waals surface area contributed by atoms with E-state index >= 15 is 0 Å². The molecule has 0 radical (unpaired) electrons. The number of benzene rings is 2. The molecule has 0 aliphatic heterocycles. The molecule has 0 saturated heterocycles. The first kappa shape index (κ1) is 17.9. The summed E-state index contributed by atoms with van der Waals surface area (Å²) in [4.78, 5) is 22.2. The molecule has 0 amide bonds. The lowest BCUT2D eigenvalue weighted by Crippen LogP contribution is -2.22. The molecule has 27 heavy (non-hydrogen) atoms. The van der Waals surface area contributed by atoms with Crippen LogP contribution in [-0.2, 0) is 0 Å². The van der Waals surface area contributed by atoms with Crippen LogP contribution in [0.5, 0.6) is 0 Å². The summed E-state index contributed by atoms with van der Waals surface area (Å²) in [5.41, 5.74) is 1.97. The Labute approximate surface area is 174 Å². The number of rotatable bonds is 3. The third-order valence-corrected chi connectivity index (χ3v) is 4.92. The van der Waals surface area contributed by atoms with Crippen LogP contribution in [0.25, 0.3) is 28.7 Å². The lowest BCUT2D eigenvalue weighted by molar-refractivity contribution is 0.943. The average molecular weight is 486 g/mol. The summed E-state index contributed by atoms with van der Waals surface area (Å²) in [6, 6.07) is 18.5. The van der Waals surface area contributed by atoms with Gasteiger partial charge in [-0.3, -0.25) is 14.3 Å². The second-order valence-corrected chi connectivity index (χ2v) is 7.52. The van der Waals surface area contributed by atoms with E-state index < -0.39 is 0 Å². The van der Waals surface area contributed by atoms with Gasteiger partial charge in [0, 0.05) is 14.8 Å². The van der Waals surface area contributed by atoms with Crippen LogP contribution in [0.1, 0.15) is 11.5 Å². The van der Waals surface area contributed by atoms with Gasteiger partial charge in [0.2, 0.25) is 0 Å². The number of pyridine rings is 1. The first-order valence-electron chi connectivity index (χ1n) is 8.19. The molecule has 4 aromatic rings. The van der Waals surface area contributed by atoms with Gasteiger partial charge in [-0.05, 0) is 83.3 Å². The molecule has 0 atom stereocenters. The molecule has 2 heterocycles. The molecule has 0 bridgehead atoms. The number of nitrogens with zero attached hydrogens (tertiary/aromatic N) is 3. The fourth-order valence-corrected chi connectivity index (χ4v) is 3.46.